The fraction of sp³-hybridized carbons (Fsp3) is 0.542. The second kappa shape index (κ2) is 8.65. The molecule has 0 bridgehead atoms. The average Bonchev–Trinajstić information content (AvgIpc) is 3.09. The van der Waals surface area contributed by atoms with Gasteiger partial charge in [0.1, 0.15) is 18.1 Å². The summed E-state index contributed by atoms with van der Waals surface area (Å²) in [6, 6.07) is 2.89. The lowest BCUT2D eigenvalue weighted by molar-refractivity contribution is 0.252. The highest BCUT2D eigenvalue weighted by Crippen LogP contribution is 2.35. The largest absolute Gasteiger partial charge is 0.388 e. The molecule has 4 rings (SSSR count). The molecule has 0 radical (unpaired) electrons. The molecule has 1 aliphatic carbocycles. The minimum atomic E-state index is -0.689. The number of halogens is 1. The van der Waals surface area contributed by atoms with Crippen LogP contribution in [0.1, 0.15) is 76.7 Å². The number of pyridine rings is 1. The number of fused-ring (bicyclic) bond motifs is 1. The molecule has 3 aromatic rings. The summed E-state index contributed by atoms with van der Waals surface area (Å²) in [6.45, 7) is 7.90. The Morgan fingerprint density at radius 1 is 1.19 bits per heavy atom. The first-order chi connectivity index (χ1) is 15.3. The highest BCUT2D eigenvalue weighted by Gasteiger charge is 2.26. The maximum atomic E-state index is 15.3. The Hall–Kier alpha value is -2.74. The Balaban J connectivity index is 1.98. The van der Waals surface area contributed by atoms with Crippen LogP contribution >= 0.6 is 0 Å². The van der Waals surface area contributed by atoms with Gasteiger partial charge >= 0.3 is 5.69 Å². The van der Waals surface area contributed by atoms with Crippen molar-refractivity contribution in [1.29, 1.82) is 0 Å². The summed E-state index contributed by atoms with van der Waals surface area (Å²) in [6.07, 6.45) is 6.20. The third kappa shape index (κ3) is 3.60. The lowest BCUT2D eigenvalue weighted by Gasteiger charge is -2.31. The Morgan fingerprint density at radius 3 is 2.50 bits per heavy atom. The zero-order chi connectivity index (χ0) is 23.2. The van der Waals surface area contributed by atoms with Crippen LogP contribution in [0.15, 0.2) is 27.9 Å². The molecule has 1 saturated carbocycles. The van der Waals surface area contributed by atoms with Crippen molar-refractivity contribution < 1.29 is 9.50 Å². The van der Waals surface area contributed by atoms with Gasteiger partial charge in [0.2, 0.25) is 0 Å². The number of rotatable bonds is 5. The van der Waals surface area contributed by atoms with E-state index in [1.807, 2.05) is 24.6 Å². The van der Waals surface area contributed by atoms with E-state index in [9.17, 15) is 14.7 Å². The lowest BCUT2D eigenvalue weighted by atomic mass is 9.85. The molecule has 1 N–H and O–H groups in total. The molecule has 2 aromatic heterocycles. The van der Waals surface area contributed by atoms with Crippen LogP contribution in [0.25, 0.3) is 16.5 Å². The van der Waals surface area contributed by atoms with E-state index in [2.05, 4.69) is 12.0 Å². The predicted octanol–water partition coefficient (Wildman–Crippen LogP) is 3.87. The molecule has 1 aromatic carbocycles. The molecule has 1 fully saturated rings. The summed E-state index contributed by atoms with van der Waals surface area (Å²) in [5.74, 6) is -0.0372. The topological polar surface area (TPSA) is 82.0 Å². The highest BCUT2D eigenvalue weighted by atomic mass is 19.1. The maximum absolute atomic E-state index is 15.3. The first kappa shape index (κ1) is 22.5. The first-order valence-electron chi connectivity index (χ1n) is 11.5. The summed E-state index contributed by atoms with van der Waals surface area (Å²) in [4.78, 5) is 26.2. The molecule has 8 heteroatoms. The SMILES string of the molecule is CCn1c(CO)nn(-c2cc3c(C(C)C)cn([C@H]4CCCC[C@H]4C)c(=O)c3cc2F)c1=O. The summed E-state index contributed by atoms with van der Waals surface area (Å²) < 4.78 is 19.4. The second-order valence-corrected chi connectivity index (χ2v) is 9.14. The van der Waals surface area contributed by atoms with Gasteiger partial charge in [-0.25, -0.2) is 9.18 Å². The monoisotopic (exact) mass is 442 g/mol. The summed E-state index contributed by atoms with van der Waals surface area (Å²) in [7, 11) is 0. The number of hydrogen-bond donors (Lipinski definition) is 1. The molecular formula is C24H31FN4O3. The molecule has 0 unspecified atom stereocenters. The van der Waals surface area contributed by atoms with Crippen LogP contribution in [0.2, 0.25) is 0 Å². The zero-order valence-electron chi connectivity index (χ0n) is 19.1. The average molecular weight is 443 g/mol. The highest BCUT2D eigenvalue weighted by molar-refractivity contribution is 5.87. The van der Waals surface area contributed by atoms with Crippen LogP contribution in [0.3, 0.4) is 0 Å². The quantitative estimate of drug-likeness (QED) is 0.650. The maximum Gasteiger partial charge on any atom is 0.350 e. The molecule has 2 heterocycles. The molecule has 0 spiro atoms. The van der Waals surface area contributed by atoms with Crippen LogP contribution < -0.4 is 11.2 Å². The Bertz CT molecular complexity index is 1270. The van der Waals surface area contributed by atoms with E-state index in [0.29, 0.717) is 23.2 Å². The lowest BCUT2D eigenvalue weighted by Crippen LogP contribution is -2.31. The van der Waals surface area contributed by atoms with Gasteiger partial charge in [0, 0.05) is 18.8 Å². The van der Waals surface area contributed by atoms with Crippen LogP contribution in [0.4, 0.5) is 4.39 Å². The molecule has 172 valence electrons. The molecule has 2 atom stereocenters. The molecule has 1 aliphatic rings. The number of aliphatic hydroxyl groups excluding tert-OH is 1. The third-order valence-electron chi connectivity index (χ3n) is 6.81. The Kier molecular flexibility index (Phi) is 6.07. The normalized spacial score (nSPS) is 19.2. The van der Waals surface area contributed by atoms with Crippen LogP contribution in [0.5, 0.6) is 0 Å². The third-order valence-corrected chi connectivity index (χ3v) is 6.81. The van der Waals surface area contributed by atoms with Gasteiger partial charge < -0.3 is 9.67 Å². The number of benzene rings is 1. The van der Waals surface area contributed by atoms with Crippen molar-refractivity contribution in [2.24, 2.45) is 5.92 Å². The van der Waals surface area contributed by atoms with Crippen molar-refractivity contribution in [3.05, 3.63) is 56.4 Å². The van der Waals surface area contributed by atoms with Crippen molar-refractivity contribution in [3.8, 4) is 5.69 Å². The van der Waals surface area contributed by atoms with Crippen molar-refractivity contribution in [2.75, 3.05) is 0 Å². The van der Waals surface area contributed by atoms with Crippen molar-refractivity contribution in [2.45, 2.75) is 78.5 Å². The molecule has 0 amide bonds. The summed E-state index contributed by atoms with van der Waals surface area (Å²) in [5, 5.41) is 14.6. The van der Waals surface area contributed by atoms with Gasteiger partial charge in [-0.2, -0.15) is 4.68 Å². The van der Waals surface area contributed by atoms with Crippen LogP contribution in [0, 0.1) is 11.7 Å². The van der Waals surface area contributed by atoms with Crippen molar-refractivity contribution in [1.82, 2.24) is 18.9 Å². The van der Waals surface area contributed by atoms with E-state index in [-0.39, 0.29) is 29.0 Å². The minimum absolute atomic E-state index is 0.0190. The van der Waals surface area contributed by atoms with E-state index in [1.54, 1.807) is 13.0 Å². The van der Waals surface area contributed by atoms with E-state index >= 15 is 4.39 Å². The molecular weight excluding hydrogens is 411 g/mol. The van der Waals surface area contributed by atoms with E-state index in [4.69, 9.17) is 0 Å². The van der Waals surface area contributed by atoms with Gasteiger partial charge in [-0.1, -0.05) is 33.6 Å². The summed E-state index contributed by atoms with van der Waals surface area (Å²) >= 11 is 0. The van der Waals surface area contributed by atoms with Gasteiger partial charge in [-0.15, -0.1) is 5.10 Å². The second-order valence-electron chi connectivity index (χ2n) is 9.14. The minimum Gasteiger partial charge on any atom is -0.388 e. The van der Waals surface area contributed by atoms with Crippen molar-refractivity contribution >= 4 is 10.8 Å². The molecule has 0 aliphatic heterocycles. The van der Waals surface area contributed by atoms with Gasteiger partial charge in [0.25, 0.3) is 5.56 Å². The summed E-state index contributed by atoms with van der Waals surface area (Å²) in [5.41, 5.74) is 0.194. The fourth-order valence-electron chi connectivity index (χ4n) is 5.00. The van der Waals surface area contributed by atoms with Crippen molar-refractivity contribution in [3.63, 3.8) is 0 Å². The smallest absolute Gasteiger partial charge is 0.350 e. The Morgan fingerprint density at radius 2 is 1.91 bits per heavy atom. The number of aromatic nitrogens is 4. The number of aliphatic hydroxyl groups is 1. The standard InChI is InChI=1S/C24H31FN4O3/c1-5-27-22(13-30)26-29(24(27)32)21-11-16-17(10-19(21)25)23(31)28(12-18(16)14(2)3)20-9-7-6-8-15(20)4/h10-12,14-15,20,30H,5-9,13H2,1-4H3/t15-,20+/m1/s1. The number of nitrogens with zero attached hydrogens (tertiary/aromatic N) is 4. The van der Waals surface area contributed by atoms with Gasteiger partial charge in [0.15, 0.2) is 5.82 Å². The van der Waals surface area contributed by atoms with E-state index in [0.717, 1.165) is 29.5 Å². The van der Waals surface area contributed by atoms with Gasteiger partial charge in [0.05, 0.1) is 5.39 Å². The predicted molar refractivity (Wildman–Crippen MR) is 122 cm³/mol. The zero-order valence-corrected chi connectivity index (χ0v) is 19.1. The molecule has 32 heavy (non-hydrogen) atoms. The Labute approximate surface area is 186 Å². The molecule has 7 nitrogen and oxygen atoms in total. The molecule has 0 saturated heterocycles. The van der Waals surface area contributed by atoms with Gasteiger partial charge in [-0.05, 0) is 54.7 Å². The van der Waals surface area contributed by atoms with E-state index in [1.165, 1.54) is 17.1 Å². The van der Waals surface area contributed by atoms with Gasteiger partial charge in [-0.3, -0.25) is 9.36 Å². The van der Waals surface area contributed by atoms with Crippen LogP contribution in [-0.2, 0) is 13.2 Å². The number of hydrogen-bond acceptors (Lipinski definition) is 4. The fourth-order valence-corrected chi connectivity index (χ4v) is 5.00. The van der Waals surface area contributed by atoms with Crippen LogP contribution in [-0.4, -0.2) is 24.0 Å². The van der Waals surface area contributed by atoms with E-state index < -0.39 is 18.1 Å². The first-order valence-corrected chi connectivity index (χ1v) is 11.5.